The van der Waals surface area contributed by atoms with E-state index in [0.29, 0.717) is 11.3 Å². The zero-order valence-corrected chi connectivity index (χ0v) is 18.8. The lowest BCUT2D eigenvalue weighted by Crippen LogP contribution is -2.33. The average molecular weight is 454 g/mol. The first-order valence-electron chi connectivity index (χ1n) is 10.6. The number of carbonyl (C=O) groups excluding carboxylic acids is 1. The van der Waals surface area contributed by atoms with Gasteiger partial charge in [-0.15, -0.1) is 0 Å². The molecule has 3 rings (SSSR count). The van der Waals surface area contributed by atoms with Gasteiger partial charge in [-0.1, -0.05) is 72.8 Å². The van der Waals surface area contributed by atoms with Crippen LogP contribution in [0.3, 0.4) is 0 Å². The van der Waals surface area contributed by atoms with E-state index in [4.69, 9.17) is 9.73 Å². The third-order valence-corrected chi connectivity index (χ3v) is 4.77. The highest BCUT2D eigenvalue weighted by molar-refractivity contribution is 6.13. The standard InChI is InChI=1S/C27H26F3NO2/c1-26(2,3)33-25(32)23(18-19-14-16-22(17-15-19)27(28,29)30)31-24(20-10-6-4-7-11-20)21-12-8-5-9-13-21/h4-17,23H,18H2,1-3H3/t23-/m0/s1. The summed E-state index contributed by atoms with van der Waals surface area (Å²) in [6.45, 7) is 5.29. The van der Waals surface area contributed by atoms with Crippen molar-refractivity contribution in [1.82, 2.24) is 0 Å². The van der Waals surface area contributed by atoms with Crippen LogP contribution in [0.4, 0.5) is 13.2 Å². The number of hydrogen-bond acceptors (Lipinski definition) is 3. The van der Waals surface area contributed by atoms with Gasteiger partial charge >= 0.3 is 12.1 Å². The van der Waals surface area contributed by atoms with E-state index in [1.807, 2.05) is 60.7 Å². The Morgan fingerprint density at radius 2 is 1.30 bits per heavy atom. The minimum atomic E-state index is -4.42. The average Bonchev–Trinajstić information content (AvgIpc) is 2.76. The van der Waals surface area contributed by atoms with Crippen molar-refractivity contribution in [3.05, 3.63) is 107 Å². The monoisotopic (exact) mass is 453 g/mol. The second kappa shape index (κ2) is 10.0. The van der Waals surface area contributed by atoms with Gasteiger partial charge in [0, 0.05) is 17.5 Å². The molecule has 0 saturated carbocycles. The Morgan fingerprint density at radius 1 is 0.818 bits per heavy atom. The molecule has 0 unspecified atom stereocenters. The van der Waals surface area contributed by atoms with E-state index in [-0.39, 0.29) is 6.42 Å². The van der Waals surface area contributed by atoms with Gasteiger partial charge in [-0.2, -0.15) is 13.2 Å². The molecule has 0 bridgehead atoms. The van der Waals surface area contributed by atoms with Gasteiger partial charge in [0.25, 0.3) is 0 Å². The minimum absolute atomic E-state index is 0.107. The smallest absolute Gasteiger partial charge is 0.416 e. The maximum Gasteiger partial charge on any atom is 0.416 e. The van der Waals surface area contributed by atoms with E-state index in [1.165, 1.54) is 12.1 Å². The number of alkyl halides is 3. The molecule has 33 heavy (non-hydrogen) atoms. The van der Waals surface area contributed by atoms with Crippen molar-refractivity contribution in [2.75, 3.05) is 0 Å². The van der Waals surface area contributed by atoms with Crippen LogP contribution in [-0.4, -0.2) is 23.3 Å². The van der Waals surface area contributed by atoms with Crippen molar-refractivity contribution in [1.29, 1.82) is 0 Å². The van der Waals surface area contributed by atoms with Crippen molar-refractivity contribution in [3.8, 4) is 0 Å². The Bertz CT molecular complexity index is 1040. The van der Waals surface area contributed by atoms with E-state index >= 15 is 0 Å². The fourth-order valence-corrected chi connectivity index (χ4v) is 3.27. The lowest BCUT2D eigenvalue weighted by atomic mass is 10.00. The zero-order chi connectivity index (χ0) is 24.1. The number of rotatable bonds is 6. The molecule has 0 aliphatic rings. The minimum Gasteiger partial charge on any atom is -0.458 e. The molecule has 0 amide bonds. The number of nitrogens with zero attached hydrogens (tertiary/aromatic N) is 1. The van der Waals surface area contributed by atoms with Crippen LogP contribution in [0.15, 0.2) is 89.9 Å². The molecule has 1 atom stereocenters. The lowest BCUT2D eigenvalue weighted by Gasteiger charge is -2.23. The molecule has 0 fully saturated rings. The number of ether oxygens (including phenoxy) is 1. The lowest BCUT2D eigenvalue weighted by molar-refractivity contribution is -0.156. The SMILES string of the molecule is CC(C)(C)OC(=O)[C@H](Cc1ccc(C(F)(F)F)cc1)N=C(c1ccccc1)c1ccccc1. The topological polar surface area (TPSA) is 38.7 Å². The van der Waals surface area contributed by atoms with E-state index in [2.05, 4.69) is 0 Å². The second-order valence-electron chi connectivity index (χ2n) is 8.66. The van der Waals surface area contributed by atoms with E-state index in [1.54, 1.807) is 20.8 Å². The quantitative estimate of drug-likeness (QED) is 0.316. The Hall–Kier alpha value is -3.41. The predicted octanol–water partition coefficient (Wildman–Crippen LogP) is 6.50. The Morgan fingerprint density at radius 3 is 1.73 bits per heavy atom. The van der Waals surface area contributed by atoms with E-state index < -0.39 is 29.4 Å². The molecule has 3 aromatic carbocycles. The third kappa shape index (κ3) is 7.04. The summed E-state index contributed by atoms with van der Waals surface area (Å²) in [6.07, 6.45) is -4.31. The van der Waals surface area contributed by atoms with Gasteiger partial charge in [-0.05, 0) is 38.5 Å². The number of carbonyl (C=O) groups is 1. The Balaban J connectivity index is 2.03. The Kier molecular flexibility index (Phi) is 7.36. The number of hydrogen-bond donors (Lipinski definition) is 0. The summed E-state index contributed by atoms with van der Waals surface area (Å²) in [4.78, 5) is 17.9. The third-order valence-electron chi connectivity index (χ3n) is 4.77. The molecule has 3 aromatic rings. The van der Waals surface area contributed by atoms with Crippen molar-refractivity contribution in [2.45, 2.75) is 45.0 Å². The summed E-state index contributed by atoms with van der Waals surface area (Å²) in [6, 6.07) is 22.7. The molecular formula is C27H26F3NO2. The molecule has 172 valence electrons. The highest BCUT2D eigenvalue weighted by atomic mass is 19.4. The summed E-state index contributed by atoms with van der Waals surface area (Å²) >= 11 is 0. The van der Waals surface area contributed by atoms with Crippen molar-refractivity contribution in [2.24, 2.45) is 4.99 Å². The maximum atomic E-state index is 13.1. The summed E-state index contributed by atoms with van der Waals surface area (Å²) < 4.78 is 44.4. The van der Waals surface area contributed by atoms with Crippen molar-refractivity contribution >= 4 is 11.7 Å². The van der Waals surface area contributed by atoms with Gasteiger partial charge in [0.15, 0.2) is 6.04 Å². The second-order valence-corrected chi connectivity index (χ2v) is 8.66. The molecule has 6 heteroatoms. The molecule has 0 aliphatic heterocycles. The molecule has 0 aromatic heterocycles. The van der Waals surface area contributed by atoms with Crippen LogP contribution in [0.5, 0.6) is 0 Å². The summed E-state index contributed by atoms with van der Waals surface area (Å²) in [7, 11) is 0. The highest BCUT2D eigenvalue weighted by Gasteiger charge is 2.31. The fraction of sp³-hybridized carbons (Fsp3) is 0.259. The summed E-state index contributed by atoms with van der Waals surface area (Å²) in [5, 5.41) is 0. The normalized spacial score (nSPS) is 12.7. The molecule has 3 nitrogen and oxygen atoms in total. The van der Waals surface area contributed by atoms with Crippen LogP contribution in [0, 0.1) is 0 Å². The molecule has 0 radical (unpaired) electrons. The summed E-state index contributed by atoms with van der Waals surface area (Å²) in [5.74, 6) is -0.535. The van der Waals surface area contributed by atoms with Crippen LogP contribution in [-0.2, 0) is 22.1 Å². The van der Waals surface area contributed by atoms with Gasteiger partial charge in [-0.25, -0.2) is 4.79 Å². The predicted molar refractivity (Wildman–Crippen MR) is 123 cm³/mol. The van der Waals surface area contributed by atoms with Crippen LogP contribution >= 0.6 is 0 Å². The molecule has 0 N–H and O–H groups in total. The first kappa shape index (κ1) is 24.2. The van der Waals surface area contributed by atoms with Crippen molar-refractivity contribution < 1.29 is 22.7 Å². The van der Waals surface area contributed by atoms with Crippen LogP contribution < -0.4 is 0 Å². The Labute approximate surface area is 191 Å². The number of halogens is 3. The summed E-state index contributed by atoms with van der Waals surface area (Å²) in [5.41, 5.74) is 1.35. The molecular weight excluding hydrogens is 427 g/mol. The molecule has 0 heterocycles. The van der Waals surface area contributed by atoms with Gasteiger partial charge in [0.1, 0.15) is 5.60 Å². The molecule has 0 saturated heterocycles. The van der Waals surface area contributed by atoms with Gasteiger partial charge in [0.05, 0.1) is 11.3 Å². The fourth-order valence-electron chi connectivity index (χ4n) is 3.27. The van der Waals surface area contributed by atoms with Gasteiger partial charge in [-0.3, -0.25) is 4.99 Å². The molecule has 0 spiro atoms. The maximum absolute atomic E-state index is 13.1. The van der Waals surface area contributed by atoms with E-state index in [9.17, 15) is 18.0 Å². The first-order chi connectivity index (χ1) is 15.5. The van der Waals surface area contributed by atoms with Gasteiger partial charge in [0.2, 0.25) is 0 Å². The van der Waals surface area contributed by atoms with Gasteiger partial charge < -0.3 is 4.74 Å². The van der Waals surface area contributed by atoms with Crippen LogP contribution in [0.2, 0.25) is 0 Å². The van der Waals surface area contributed by atoms with Crippen LogP contribution in [0.25, 0.3) is 0 Å². The zero-order valence-electron chi connectivity index (χ0n) is 18.8. The first-order valence-corrected chi connectivity index (χ1v) is 10.6. The number of esters is 1. The largest absolute Gasteiger partial charge is 0.458 e. The number of benzene rings is 3. The number of aliphatic imine (C=N–C) groups is 1. The van der Waals surface area contributed by atoms with Crippen molar-refractivity contribution in [3.63, 3.8) is 0 Å². The van der Waals surface area contributed by atoms with E-state index in [0.717, 1.165) is 23.3 Å². The van der Waals surface area contributed by atoms with Crippen LogP contribution in [0.1, 0.15) is 43.0 Å². The highest BCUT2D eigenvalue weighted by Crippen LogP contribution is 2.29. The molecule has 0 aliphatic carbocycles.